The Bertz CT molecular complexity index is 1190. The van der Waals surface area contributed by atoms with Gasteiger partial charge in [-0.2, -0.15) is 0 Å². The average Bonchev–Trinajstić information content (AvgIpc) is 3.55. The smallest absolute Gasteiger partial charge is 0.242 e. The molecule has 3 aromatic rings. The van der Waals surface area contributed by atoms with Gasteiger partial charge in [-0.05, 0) is 42.7 Å². The maximum atomic E-state index is 12.5. The number of nitrogens with zero attached hydrogens (tertiary/aromatic N) is 4. The molecule has 0 radical (unpaired) electrons. The molecule has 0 atom stereocenters. The van der Waals surface area contributed by atoms with Gasteiger partial charge in [-0.1, -0.05) is 42.1 Å². The molecular formula is C22H25N5O3S2. The lowest BCUT2D eigenvalue weighted by Crippen LogP contribution is -2.22. The normalized spacial score (nSPS) is 14.0. The van der Waals surface area contributed by atoms with Gasteiger partial charge in [0.25, 0.3) is 0 Å². The molecule has 1 N–H and O–H groups in total. The molecule has 1 aromatic heterocycles. The van der Waals surface area contributed by atoms with Gasteiger partial charge in [0, 0.05) is 25.7 Å². The zero-order valence-corrected chi connectivity index (χ0v) is 19.6. The summed E-state index contributed by atoms with van der Waals surface area (Å²) in [6.45, 7) is 0.672. The molecule has 168 valence electrons. The van der Waals surface area contributed by atoms with Gasteiger partial charge in [0.15, 0.2) is 5.16 Å². The third kappa shape index (κ3) is 5.20. The number of hydrogen-bond acceptors (Lipinski definition) is 6. The van der Waals surface area contributed by atoms with Gasteiger partial charge >= 0.3 is 0 Å². The molecule has 8 nitrogen and oxygen atoms in total. The van der Waals surface area contributed by atoms with Crippen molar-refractivity contribution in [3.63, 3.8) is 0 Å². The van der Waals surface area contributed by atoms with Crippen LogP contribution < -0.4 is 5.32 Å². The fraction of sp³-hybridized carbons (Fsp3) is 0.318. The fourth-order valence-corrected chi connectivity index (χ4v) is 4.86. The number of benzene rings is 2. The molecule has 32 heavy (non-hydrogen) atoms. The van der Waals surface area contributed by atoms with E-state index in [0.29, 0.717) is 18.2 Å². The Balaban J connectivity index is 1.40. The van der Waals surface area contributed by atoms with Crippen molar-refractivity contribution in [2.75, 3.05) is 25.2 Å². The van der Waals surface area contributed by atoms with Crippen molar-refractivity contribution in [3.8, 4) is 0 Å². The van der Waals surface area contributed by atoms with Gasteiger partial charge in [0.05, 0.1) is 17.2 Å². The Labute approximate surface area is 192 Å². The summed E-state index contributed by atoms with van der Waals surface area (Å²) in [5.41, 5.74) is 1.70. The lowest BCUT2D eigenvalue weighted by Gasteiger charge is -2.12. The molecule has 10 heteroatoms. The maximum Gasteiger partial charge on any atom is 0.242 e. The van der Waals surface area contributed by atoms with E-state index in [2.05, 4.69) is 32.2 Å². The Morgan fingerprint density at radius 3 is 2.41 bits per heavy atom. The van der Waals surface area contributed by atoms with E-state index in [-0.39, 0.29) is 16.6 Å². The van der Waals surface area contributed by atoms with Crippen LogP contribution in [0.2, 0.25) is 0 Å². The van der Waals surface area contributed by atoms with Crippen LogP contribution in [0.1, 0.15) is 30.1 Å². The second-order valence-electron chi connectivity index (χ2n) is 7.84. The van der Waals surface area contributed by atoms with Crippen LogP contribution in [0.3, 0.4) is 0 Å². The van der Waals surface area contributed by atoms with Crippen LogP contribution in [0.15, 0.2) is 64.6 Å². The highest BCUT2D eigenvalue weighted by Gasteiger charge is 2.30. The number of sulfonamides is 1. The highest BCUT2D eigenvalue weighted by atomic mass is 32.2. The standard InChI is InChI=1S/C22H25N5O3S2/c1-26(2)32(29,30)19-12-10-18(11-13-19)23-20(28)15-31-22-25-24-21(17-8-9-17)27(22)14-16-6-4-3-5-7-16/h3-7,10-13,17H,8-9,14-15H2,1-2H3,(H,23,28). The first-order chi connectivity index (χ1) is 15.3. The number of nitrogens with one attached hydrogen (secondary N) is 1. The minimum Gasteiger partial charge on any atom is -0.325 e. The van der Waals surface area contributed by atoms with Crippen LogP contribution in [0.4, 0.5) is 5.69 Å². The molecular weight excluding hydrogens is 446 g/mol. The number of rotatable bonds is 9. The van der Waals surface area contributed by atoms with E-state index in [0.717, 1.165) is 33.7 Å². The molecule has 0 aliphatic heterocycles. The summed E-state index contributed by atoms with van der Waals surface area (Å²) in [7, 11) is -0.541. The van der Waals surface area contributed by atoms with E-state index in [1.165, 1.54) is 38.0 Å². The second-order valence-corrected chi connectivity index (χ2v) is 10.9. The Hall–Kier alpha value is -2.69. The number of aromatic nitrogens is 3. The van der Waals surface area contributed by atoms with Crippen LogP contribution in [-0.4, -0.2) is 53.2 Å². The molecule has 2 aromatic carbocycles. The lowest BCUT2D eigenvalue weighted by atomic mass is 10.2. The Kier molecular flexibility index (Phi) is 6.63. The van der Waals surface area contributed by atoms with E-state index >= 15 is 0 Å². The summed E-state index contributed by atoms with van der Waals surface area (Å²) in [6.07, 6.45) is 2.25. The highest BCUT2D eigenvalue weighted by Crippen LogP contribution is 2.40. The van der Waals surface area contributed by atoms with E-state index in [1.54, 1.807) is 12.1 Å². The third-order valence-corrected chi connectivity index (χ3v) is 7.92. The summed E-state index contributed by atoms with van der Waals surface area (Å²) < 4.78 is 27.6. The Morgan fingerprint density at radius 2 is 1.78 bits per heavy atom. The minimum atomic E-state index is -3.50. The van der Waals surface area contributed by atoms with Crippen LogP contribution in [0.5, 0.6) is 0 Å². The van der Waals surface area contributed by atoms with Gasteiger partial charge in [-0.25, -0.2) is 12.7 Å². The van der Waals surface area contributed by atoms with Crippen molar-refractivity contribution in [3.05, 3.63) is 66.0 Å². The average molecular weight is 472 g/mol. The van der Waals surface area contributed by atoms with Crippen molar-refractivity contribution >= 4 is 33.4 Å². The number of hydrogen-bond donors (Lipinski definition) is 1. The van der Waals surface area contributed by atoms with Gasteiger partial charge in [0.2, 0.25) is 15.9 Å². The molecule has 1 aliphatic carbocycles. The molecule has 1 aliphatic rings. The molecule has 0 unspecified atom stereocenters. The highest BCUT2D eigenvalue weighted by molar-refractivity contribution is 7.99. The van der Waals surface area contributed by atoms with Crippen LogP contribution in [0, 0.1) is 0 Å². The largest absolute Gasteiger partial charge is 0.325 e. The minimum absolute atomic E-state index is 0.176. The van der Waals surface area contributed by atoms with E-state index < -0.39 is 10.0 Å². The van der Waals surface area contributed by atoms with Gasteiger partial charge in [-0.15, -0.1) is 10.2 Å². The zero-order chi connectivity index (χ0) is 22.7. The molecule has 4 rings (SSSR count). The first-order valence-corrected chi connectivity index (χ1v) is 12.7. The van der Waals surface area contributed by atoms with Gasteiger partial charge in [-0.3, -0.25) is 4.79 Å². The molecule has 0 spiro atoms. The topological polar surface area (TPSA) is 97.2 Å². The van der Waals surface area contributed by atoms with Crippen molar-refractivity contribution in [1.82, 2.24) is 19.1 Å². The van der Waals surface area contributed by atoms with Crippen molar-refractivity contribution in [2.24, 2.45) is 0 Å². The molecule has 0 bridgehead atoms. The number of carbonyl (C=O) groups is 1. The quantitative estimate of drug-likeness (QED) is 0.482. The van der Waals surface area contributed by atoms with E-state index in [4.69, 9.17) is 0 Å². The number of thioether (sulfide) groups is 1. The molecule has 1 heterocycles. The molecule has 1 fully saturated rings. The predicted octanol–water partition coefficient (Wildman–Crippen LogP) is 3.18. The monoisotopic (exact) mass is 471 g/mol. The number of amides is 1. The lowest BCUT2D eigenvalue weighted by molar-refractivity contribution is -0.113. The Morgan fingerprint density at radius 1 is 1.09 bits per heavy atom. The van der Waals surface area contributed by atoms with Crippen LogP contribution in [0.25, 0.3) is 0 Å². The number of carbonyl (C=O) groups excluding carboxylic acids is 1. The van der Waals surface area contributed by atoms with Crippen molar-refractivity contribution in [1.29, 1.82) is 0 Å². The predicted molar refractivity (Wildman–Crippen MR) is 124 cm³/mol. The molecule has 1 saturated carbocycles. The number of anilines is 1. The van der Waals surface area contributed by atoms with Crippen molar-refractivity contribution < 1.29 is 13.2 Å². The van der Waals surface area contributed by atoms with E-state index in [1.807, 2.05) is 18.2 Å². The summed E-state index contributed by atoms with van der Waals surface area (Å²) >= 11 is 1.35. The van der Waals surface area contributed by atoms with Gasteiger partial charge in [0.1, 0.15) is 5.82 Å². The molecule has 1 amide bonds. The van der Waals surface area contributed by atoms with Crippen LogP contribution >= 0.6 is 11.8 Å². The third-order valence-electron chi connectivity index (χ3n) is 5.12. The van der Waals surface area contributed by atoms with Gasteiger partial charge < -0.3 is 9.88 Å². The summed E-state index contributed by atoms with van der Waals surface area (Å²) in [6, 6.07) is 16.3. The second kappa shape index (κ2) is 9.43. The first kappa shape index (κ1) is 22.5. The summed E-state index contributed by atoms with van der Waals surface area (Å²) in [5, 5.41) is 12.2. The zero-order valence-electron chi connectivity index (χ0n) is 17.9. The van der Waals surface area contributed by atoms with E-state index in [9.17, 15) is 13.2 Å². The van der Waals surface area contributed by atoms with Crippen LogP contribution in [-0.2, 0) is 21.4 Å². The SMILES string of the molecule is CN(C)S(=O)(=O)c1ccc(NC(=O)CSc2nnc(C3CC3)n2Cc2ccccc2)cc1. The van der Waals surface area contributed by atoms with Crippen molar-refractivity contribution in [2.45, 2.75) is 35.4 Å². The molecule has 0 saturated heterocycles. The summed E-state index contributed by atoms with van der Waals surface area (Å²) in [4.78, 5) is 12.7. The maximum absolute atomic E-state index is 12.5. The summed E-state index contributed by atoms with van der Waals surface area (Å²) in [5.74, 6) is 1.41. The fourth-order valence-electron chi connectivity index (χ4n) is 3.21. The first-order valence-electron chi connectivity index (χ1n) is 10.3.